The number of rotatable bonds is 0. The second-order valence-corrected chi connectivity index (χ2v) is 8.10. The van der Waals surface area contributed by atoms with Crippen LogP contribution in [0, 0.1) is 11.8 Å². The van der Waals surface area contributed by atoms with Gasteiger partial charge in [0, 0.05) is 18.2 Å². The van der Waals surface area contributed by atoms with Gasteiger partial charge in [0.25, 0.3) is 0 Å². The van der Waals surface area contributed by atoms with Crippen LogP contribution >= 0.6 is 0 Å². The lowest BCUT2D eigenvalue weighted by atomic mass is 9.55. The highest BCUT2D eigenvalue weighted by molar-refractivity contribution is 5.43. The van der Waals surface area contributed by atoms with E-state index >= 15 is 0 Å². The Bertz CT molecular complexity index is 793. The predicted molar refractivity (Wildman–Crippen MR) is 89.6 cm³/mol. The molecule has 0 aliphatic heterocycles. The molecule has 3 heteroatoms. The smallest absolute Gasteiger partial charge is 0.115 e. The number of hydrogen-bond donors (Lipinski definition) is 1. The molecular weight excluding hydrogens is 284 g/mol. The van der Waals surface area contributed by atoms with Crippen molar-refractivity contribution in [1.29, 1.82) is 0 Å². The number of fused-ring (bicyclic) bond motifs is 7. The maximum atomic E-state index is 9.79. The summed E-state index contributed by atoms with van der Waals surface area (Å²) >= 11 is 0. The van der Waals surface area contributed by atoms with Gasteiger partial charge in [-0.1, -0.05) is 13.0 Å². The third-order valence-electron chi connectivity index (χ3n) is 7.10. The van der Waals surface area contributed by atoms with Crippen molar-refractivity contribution in [3.8, 4) is 5.75 Å². The van der Waals surface area contributed by atoms with Gasteiger partial charge in [0.1, 0.15) is 5.75 Å². The van der Waals surface area contributed by atoms with Gasteiger partial charge in [-0.25, -0.2) is 0 Å². The van der Waals surface area contributed by atoms with Gasteiger partial charge in [-0.05, 0) is 78.7 Å². The Balaban J connectivity index is 1.57. The van der Waals surface area contributed by atoms with Crippen LogP contribution in [0.5, 0.6) is 5.75 Å². The van der Waals surface area contributed by atoms with E-state index < -0.39 is 0 Å². The number of aryl methyl sites for hydroxylation is 2. The lowest BCUT2D eigenvalue weighted by molar-refractivity contribution is 0.101. The van der Waals surface area contributed by atoms with E-state index in [9.17, 15) is 5.11 Å². The summed E-state index contributed by atoms with van der Waals surface area (Å²) in [5.74, 6) is 2.63. The van der Waals surface area contributed by atoms with Crippen molar-refractivity contribution in [2.45, 2.75) is 50.4 Å². The van der Waals surface area contributed by atoms with Crippen molar-refractivity contribution >= 4 is 0 Å². The van der Waals surface area contributed by atoms with Crippen LogP contribution < -0.4 is 0 Å². The van der Waals surface area contributed by atoms with Gasteiger partial charge in [-0.2, -0.15) is 5.10 Å². The van der Waals surface area contributed by atoms with E-state index in [0.717, 1.165) is 18.3 Å². The molecule has 1 aromatic heterocycles. The van der Waals surface area contributed by atoms with E-state index in [2.05, 4.69) is 36.0 Å². The standard InChI is InChI=1S/C20H24N2O/c1-20-8-7-16-15-6-4-14(23)9-12(15)3-5-17(16)18(20)10-13-11-21-22(2)19(13)20/h4,6,9,11,16-18,23H,3,5,7-8,10H2,1-2H3/t16-,17-,18+,20+/m1/s1. The Morgan fingerprint density at radius 3 is 3.00 bits per heavy atom. The van der Waals surface area contributed by atoms with Crippen molar-refractivity contribution in [1.82, 2.24) is 9.78 Å². The molecule has 1 aromatic carbocycles. The van der Waals surface area contributed by atoms with Crippen LogP contribution in [0.4, 0.5) is 0 Å². The van der Waals surface area contributed by atoms with Crippen molar-refractivity contribution in [2.75, 3.05) is 0 Å². The van der Waals surface area contributed by atoms with E-state index in [1.807, 2.05) is 12.1 Å². The van der Waals surface area contributed by atoms with Gasteiger partial charge in [-0.15, -0.1) is 0 Å². The number of benzene rings is 1. The van der Waals surface area contributed by atoms with Gasteiger partial charge < -0.3 is 5.11 Å². The molecule has 0 amide bonds. The van der Waals surface area contributed by atoms with E-state index in [4.69, 9.17) is 0 Å². The molecule has 0 radical (unpaired) electrons. The Labute approximate surface area is 137 Å². The monoisotopic (exact) mass is 308 g/mol. The minimum atomic E-state index is 0.302. The Kier molecular flexibility index (Phi) is 2.61. The normalized spacial score (nSPS) is 34.4. The SMILES string of the molecule is Cn1ncc2c1[C@@]1(C)CC[C@@H]3c4ccc(O)cc4CC[C@H]3[C@@H]1C2. The molecule has 120 valence electrons. The Morgan fingerprint density at radius 2 is 2.13 bits per heavy atom. The highest BCUT2D eigenvalue weighted by Gasteiger charge is 2.54. The van der Waals surface area contributed by atoms with E-state index in [0.29, 0.717) is 17.1 Å². The van der Waals surface area contributed by atoms with Gasteiger partial charge in [0.2, 0.25) is 0 Å². The average Bonchev–Trinajstić information content (AvgIpc) is 3.05. The van der Waals surface area contributed by atoms with Gasteiger partial charge in [0.15, 0.2) is 0 Å². The molecule has 5 rings (SSSR count). The third kappa shape index (κ3) is 1.68. The van der Waals surface area contributed by atoms with Crippen LogP contribution in [-0.4, -0.2) is 14.9 Å². The summed E-state index contributed by atoms with van der Waals surface area (Å²) in [5.41, 5.74) is 6.17. The molecule has 3 aliphatic carbocycles. The quantitative estimate of drug-likeness (QED) is 0.806. The number of aromatic hydroxyl groups is 1. The Morgan fingerprint density at radius 1 is 1.26 bits per heavy atom. The Hall–Kier alpha value is -1.77. The van der Waals surface area contributed by atoms with Crippen molar-refractivity contribution < 1.29 is 5.11 Å². The first kappa shape index (κ1) is 13.6. The minimum Gasteiger partial charge on any atom is -0.508 e. The zero-order valence-corrected chi connectivity index (χ0v) is 13.9. The third-order valence-corrected chi connectivity index (χ3v) is 7.10. The molecule has 23 heavy (non-hydrogen) atoms. The van der Waals surface area contributed by atoms with Crippen molar-refractivity contribution in [3.63, 3.8) is 0 Å². The molecule has 1 fully saturated rings. The lowest BCUT2D eigenvalue weighted by Gasteiger charge is -2.49. The summed E-state index contributed by atoms with van der Waals surface area (Å²) in [6, 6.07) is 6.06. The molecule has 0 spiro atoms. The number of hydrogen-bond acceptors (Lipinski definition) is 2. The van der Waals surface area contributed by atoms with Gasteiger partial charge >= 0.3 is 0 Å². The van der Waals surface area contributed by atoms with Crippen LogP contribution in [0.15, 0.2) is 24.4 Å². The number of phenolic OH excluding ortho intramolecular Hbond substituents is 1. The average molecular weight is 308 g/mol. The summed E-state index contributed by atoms with van der Waals surface area (Å²) in [5, 5.41) is 14.3. The zero-order valence-electron chi connectivity index (χ0n) is 13.9. The fraction of sp³-hybridized carbons (Fsp3) is 0.550. The molecule has 0 unspecified atom stereocenters. The zero-order chi connectivity index (χ0) is 15.8. The number of nitrogens with zero attached hydrogens (tertiary/aromatic N) is 2. The van der Waals surface area contributed by atoms with Crippen LogP contribution in [0.25, 0.3) is 0 Å². The minimum absolute atomic E-state index is 0.302. The summed E-state index contributed by atoms with van der Waals surface area (Å²) in [6.07, 6.45) is 8.21. The van der Waals surface area contributed by atoms with E-state index in [1.165, 1.54) is 48.1 Å². The second-order valence-electron chi connectivity index (χ2n) is 8.10. The lowest BCUT2D eigenvalue weighted by Crippen LogP contribution is -2.44. The van der Waals surface area contributed by atoms with Gasteiger partial charge in [0.05, 0.1) is 6.20 Å². The van der Waals surface area contributed by atoms with Crippen LogP contribution in [0.2, 0.25) is 0 Å². The molecule has 0 saturated heterocycles. The molecule has 3 nitrogen and oxygen atoms in total. The largest absolute Gasteiger partial charge is 0.508 e. The van der Waals surface area contributed by atoms with Gasteiger partial charge in [-0.3, -0.25) is 4.68 Å². The van der Waals surface area contributed by atoms with Crippen LogP contribution in [0.1, 0.15) is 54.5 Å². The molecule has 1 heterocycles. The fourth-order valence-corrected chi connectivity index (χ4v) is 6.17. The first-order valence-electron chi connectivity index (χ1n) is 8.91. The molecule has 4 atom stereocenters. The predicted octanol–water partition coefficient (Wildman–Crippen LogP) is 3.70. The maximum absolute atomic E-state index is 9.79. The summed E-state index contributed by atoms with van der Waals surface area (Å²) in [4.78, 5) is 0. The van der Waals surface area contributed by atoms with Crippen molar-refractivity contribution in [2.24, 2.45) is 18.9 Å². The number of aromatic nitrogens is 2. The summed E-state index contributed by atoms with van der Waals surface area (Å²) in [7, 11) is 2.11. The highest BCUT2D eigenvalue weighted by atomic mass is 16.3. The van der Waals surface area contributed by atoms with Crippen molar-refractivity contribution in [3.05, 3.63) is 46.8 Å². The molecule has 1 N–H and O–H groups in total. The molecular formula is C20H24N2O. The maximum Gasteiger partial charge on any atom is 0.115 e. The van der Waals surface area contributed by atoms with Crippen LogP contribution in [0.3, 0.4) is 0 Å². The van der Waals surface area contributed by atoms with E-state index in [1.54, 1.807) is 0 Å². The first-order chi connectivity index (χ1) is 11.1. The highest BCUT2D eigenvalue weighted by Crippen LogP contribution is 2.59. The summed E-state index contributed by atoms with van der Waals surface area (Å²) < 4.78 is 2.13. The molecule has 2 aromatic rings. The van der Waals surface area contributed by atoms with E-state index in [-0.39, 0.29) is 0 Å². The first-order valence-corrected chi connectivity index (χ1v) is 8.91. The van der Waals surface area contributed by atoms with Crippen LogP contribution in [-0.2, 0) is 25.3 Å². The number of phenols is 1. The second kappa shape index (κ2) is 4.40. The summed E-state index contributed by atoms with van der Waals surface area (Å²) in [6.45, 7) is 2.48. The fourth-order valence-electron chi connectivity index (χ4n) is 6.17. The topological polar surface area (TPSA) is 38.0 Å². The molecule has 3 aliphatic rings. The molecule has 1 saturated carbocycles. The molecule has 0 bridgehead atoms.